The Morgan fingerprint density at radius 2 is 1.84 bits per heavy atom. The van der Waals surface area contributed by atoms with Gasteiger partial charge in [-0.3, -0.25) is 5.32 Å². The number of carbonyl (C=O) groups excluding carboxylic acids is 2. The quantitative estimate of drug-likeness (QED) is 0.181. The van der Waals surface area contributed by atoms with Crippen molar-refractivity contribution in [2.24, 2.45) is 5.41 Å². The SMILES string of the molecule is CN(C(=O)NCc1cccc(F)c1Cl)[C@H](COC(=O)Nc1cc2cc(F)ccc2cn1)CC(C)(C)COP(=O)([O-])[O-].[Na+].[Na+]. The van der Waals surface area contributed by atoms with Crippen molar-refractivity contribution in [1.29, 1.82) is 0 Å². The van der Waals surface area contributed by atoms with Gasteiger partial charge < -0.3 is 33.8 Å². The number of urea groups is 1. The van der Waals surface area contributed by atoms with E-state index in [1.165, 1.54) is 60.6 Å². The fraction of sp³-hybridized carbons (Fsp3) is 0.346. The standard InChI is InChI=1S/C26H30ClF2N4O7P.2Na/c1-26(2,15-40-41(36,37)38)11-20(33(3)24(34)31-13-17-5-4-6-21(29)23(17)27)14-39-25(35)32-22-10-18-9-19(28)8-7-16(18)12-30-22;;/h4-10,12,20H,11,13-15H2,1-3H3,(H,31,34)(H,30,32,35)(H2,36,37,38);;/q;2*+1/p-2/t20-;;/m0../s1. The number of nitrogens with one attached hydrogen (secondary N) is 2. The van der Waals surface area contributed by atoms with Crippen LogP contribution in [0, 0.1) is 17.0 Å². The number of benzene rings is 2. The molecule has 1 heterocycles. The zero-order valence-corrected chi connectivity index (χ0v) is 30.0. The number of phosphoric acid groups is 1. The molecule has 0 radical (unpaired) electrons. The Balaban J connectivity index is 0.00000462. The van der Waals surface area contributed by atoms with Gasteiger partial charge in [0, 0.05) is 25.2 Å². The number of fused-ring (bicyclic) bond motifs is 1. The summed E-state index contributed by atoms with van der Waals surface area (Å²) in [4.78, 5) is 52.8. The molecule has 43 heavy (non-hydrogen) atoms. The van der Waals surface area contributed by atoms with E-state index in [2.05, 4.69) is 20.1 Å². The van der Waals surface area contributed by atoms with Crippen LogP contribution in [0.2, 0.25) is 5.02 Å². The van der Waals surface area contributed by atoms with Gasteiger partial charge in [-0.1, -0.05) is 37.6 Å². The van der Waals surface area contributed by atoms with E-state index in [1.807, 2.05) is 0 Å². The number of halogens is 3. The average Bonchev–Trinajstić information content (AvgIpc) is 2.89. The first kappa shape index (κ1) is 39.7. The zero-order chi connectivity index (χ0) is 30.4. The van der Waals surface area contributed by atoms with E-state index in [9.17, 15) is 32.7 Å². The molecule has 0 fully saturated rings. The van der Waals surface area contributed by atoms with Crippen LogP contribution in [0.4, 0.5) is 24.2 Å². The molecule has 3 rings (SSSR count). The van der Waals surface area contributed by atoms with Crippen LogP contribution in [0.3, 0.4) is 0 Å². The summed E-state index contributed by atoms with van der Waals surface area (Å²) in [6.07, 6.45) is 0.568. The summed E-state index contributed by atoms with van der Waals surface area (Å²) >= 11 is 5.95. The molecule has 2 aromatic carbocycles. The minimum Gasteiger partial charge on any atom is -0.790 e. The Labute approximate surface area is 296 Å². The number of ether oxygens (including phenoxy) is 1. The number of aromatic nitrogens is 1. The number of hydrogen-bond donors (Lipinski definition) is 2. The molecule has 1 aromatic heterocycles. The Morgan fingerprint density at radius 3 is 2.51 bits per heavy atom. The maximum atomic E-state index is 13.8. The minimum atomic E-state index is -5.25. The van der Waals surface area contributed by atoms with Crippen molar-refractivity contribution in [2.45, 2.75) is 32.9 Å². The summed E-state index contributed by atoms with van der Waals surface area (Å²) < 4.78 is 48.1. The van der Waals surface area contributed by atoms with Gasteiger partial charge in [-0.2, -0.15) is 0 Å². The third-order valence-corrected chi connectivity index (χ3v) is 6.92. The van der Waals surface area contributed by atoms with Crippen LogP contribution in [0.25, 0.3) is 10.8 Å². The molecule has 3 amide bonds. The molecule has 222 valence electrons. The molecule has 2 N–H and O–H groups in total. The van der Waals surface area contributed by atoms with Crippen LogP contribution in [0.15, 0.2) is 48.7 Å². The smallest absolute Gasteiger partial charge is 0.790 e. The van der Waals surface area contributed by atoms with E-state index in [4.69, 9.17) is 16.3 Å². The molecule has 1 atom stereocenters. The van der Waals surface area contributed by atoms with E-state index >= 15 is 0 Å². The fourth-order valence-corrected chi connectivity index (χ4v) is 4.60. The van der Waals surface area contributed by atoms with E-state index in [0.717, 1.165) is 0 Å². The predicted molar refractivity (Wildman–Crippen MR) is 144 cm³/mol. The number of rotatable bonds is 11. The minimum absolute atomic E-state index is 0. The number of pyridine rings is 1. The molecular weight excluding hydrogens is 631 g/mol. The van der Waals surface area contributed by atoms with Gasteiger partial charge in [0.1, 0.15) is 24.1 Å². The predicted octanol–water partition coefficient (Wildman–Crippen LogP) is -1.81. The van der Waals surface area contributed by atoms with E-state index in [-0.39, 0.29) is 89.5 Å². The van der Waals surface area contributed by atoms with Gasteiger partial charge >= 0.3 is 71.2 Å². The molecule has 0 aliphatic heterocycles. The van der Waals surface area contributed by atoms with Gasteiger partial charge in [-0.25, -0.2) is 23.4 Å². The summed E-state index contributed by atoms with van der Waals surface area (Å²) in [6, 6.07) is 8.25. The zero-order valence-electron chi connectivity index (χ0n) is 24.4. The number of likely N-dealkylation sites (N-methyl/N-ethyl adjacent to an activating group) is 1. The molecule has 0 bridgehead atoms. The van der Waals surface area contributed by atoms with Crippen LogP contribution in [0.5, 0.6) is 0 Å². The number of anilines is 1. The number of amides is 3. The third-order valence-electron chi connectivity index (χ3n) is 6.05. The Kier molecular flexibility index (Phi) is 16.0. The van der Waals surface area contributed by atoms with Gasteiger partial charge in [0.2, 0.25) is 0 Å². The summed E-state index contributed by atoms with van der Waals surface area (Å²) in [5.41, 5.74) is -0.627. The van der Waals surface area contributed by atoms with Gasteiger partial charge in [0.05, 0.1) is 25.5 Å². The van der Waals surface area contributed by atoms with Gasteiger partial charge in [-0.15, -0.1) is 0 Å². The van der Waals surface area contributed by atoms with Crippen molar-refractivity contribution in [2.75, 3.05) is 25.6 Å². The van der Waals surface area contributed by atoms with Gasteiger partial charge in [0.15, 0.2) is 0 Å². The number of carbonyl (C=O) groups is 2. The summed E-state index contributed by atoms with van der Waals surface area (Å²) in [5.74, 6) is -1.01. The first-order valence-electron chi connectivity index (χ1n) is 12.2. The normalized spacial score (nSPS) is 12.0. The van der Waals surface area contributed by atoms with Crippen molar-refractivity contribution in [3.8, 4) is 0 Å². The van der Waals surface area contributed by atoms with Gasteiger partial charge in [0.25, 0.3) is 0 Å². The maximum Gasteiger partial charge on any atom is 1.00 e. The molecule has 11 nitrogen and oxygen atoms in total. The van der Waals surface area contributed by atoms with Crippen LogP contribution >= 0.6 is 19.4 Å². The van der Waals surface area contributed by atoms with Crippen LogP contribution in [-0.4, -0.2) is 48.3 Å². The molecule has 0 saturated carbocycles. The summed E-state index contributed by atoms with van der Waals surface area (Å²) in [6.45, 7) is 2.27. The van der Waals surface area contributed by atoms with Crippen molar-refractivity contribution >= 4 is 48.1 Å². The molecule has 0 spiro atoms. The molecule has 3 aromatic rings. The first-order chi connectivity index (χ1) is 19.1. The second-order valence-corrected chi connectivity index (χ2v) is 11.5. The molecular formula is C26H28ClF2N4Na2O7P. The summed E-state index contributed by atoms with van der Waals surface area (Å²) in [5, 5.41) is 6.05. The molecule has 0 aliphatic carbocycles. The Bertz CT molecular complexity index is 1470. The van der Waals surface area contributed by atoms with Crippen LogP contribution in [0.1, 0.15) is 25.8 Å². The fourth-order valence-electron chi connectivity index (χ4n) is 3.90. The van der Waals surface area contributed by atoms with Crippen molar-refractivity contribution in [1.82, 2.24) is 15.2 Å². The second-order valence-electron chi connectivity index (χ2n) is 10.0. The number of hydrogen-bond acceptors (Lipinski definition) is 8. The largest absolute Gasteiger partial charge is 1.00 e. The Hall–Kier alpha value is -1.35. The maximum absolute atomic E-state index is 13.8. The first-order valence-corrected chi connectivity index (χ1v) is 14.1. The van der Waals surface area contributed by atoms with E-state index in [0.29, 0.717) is 16.3 Å². The summed E-state index contributed by atoms with van der Waals surface area (Å²) in [7, 11) is -3.84. The average molecular weight is 659 g/mol. The topological polar surface area (TPSA) is 156 Å². The van der Waals surface area contributed by atoms with Gasteiger partial charge in [-0.05, 0) is 53.1 Å². The number of nitrogens with zero attached hydrogens (tertiary/aromatic N) is 2. The molecule has 0 aliphatic rings. The third kappa shape index (κ3) is 12.9. The Morgan fingerprint density at radius 1 is 1.14 bits per heavy atom. The van der Waals surface area contributed by atoms with Crippen LogP contribution < -0.4 is 79.5 Å². The van der Waals surface area contributed by atoms with Crippen molar-refractivity contribution < 1.29 is 101 Å². The molecule has 0 unspecified atom stereocenters. The monoisotopic (exact) mass is 658 g/mol. The van der Waals surface area contributed by atoms with Crippen molar-refractivity contribution in [3.05, 3.63) is 70.9 Å². The molecule has 0 saturated heterocycles. The molecule has 17 heteroatoms. The number of phosphoric ester groups is 1. The van der Waals surface area contributed by atoms with Crippen LogP contribution in [-0.2, 0) is 20.4 Å². The second kappa shape index (κ2) is 17.4. The van der Waals surface area contributed by atoms with Crippen molar-refractivity contribution in [3.63, 3.8) is 0 Å². The van der Waals surface area contributed by atoms with E-state index in [1.54, 1.807) is 13.8 Å². The van der Waals surface area contributed by atoms with E-state index < -0.39 is 49.6 Å².